The van der Waals surface area contributed by atoms with Gasteiger partial charge in [-0.1, -0.05) is 25.3 Å². The van der Waals surface area contributed by atoms with Gasteiger partial charge in [0.15, 0.2) is 0 Å². The Bertz CT molecular complexity index is 687. The second-order valence-electron chi connectivity index (χ2n) is 6.89. The lowest BCUT2D eigenvalue weighted by atomic mass is 9.94. The van der Waals surface area contributed by atoms with Gasteiger partial charge in [0.2, 0.25) is 5.91 Å². The van der Waals surface area contributed by atoms with Gasteiger partial charge in [0.1, 0.15) is 11.9 Å². The Morgan fingerprint density at radius 1 is 1.31 bits per heavy atom. The first kappa shape index (κ1) is 18.2. The van der Waals surface area contributed by atoms with Crippen molar-refractivity contribution in [3.05, 3.63) is 23.9 Å². The Morgan fingerprint density at radius 3 is 2.77 bits per heavy atom. The molecule has 4 amide bonds. The third-order valence-electron chi connectivity index (χ3n) is 5.05. The molecule has 1 saturated heterocycles. The summed E-state index contributed by atoms with van der Waals surface area (Å²) < 4.78 is 0. The maximum Gasteiger partial charge on any atom is 0.322 e. The number of anilines is 1. The van der Waals surface area contributed by atoms with E-state index in [2.05, 4.69) is 32.9 Å². The Kier molecular flexibility index (Phi) is 5.70. The minimum atomic E-state index is -0.805. The highest BCUT2D eigenvalue weighted by molar-refractivity contribution is 6.05. The zero-order chi connectivity index (χ0) is 18.5. The van der Waals surface area contributed by atoms with Crippen molar-refractivity contribution in [2.75, 3.05) is 11.9 Å². The molecule has 1 aromatic heterocycles. The summed E-state index contributed by atoms with van der Waals surface area (Å²) in [7, 11) is 2.06. The van der Waals surface area contributed by atoms with Crippen LogP contribution in [-0.2, 0) is 16.1 Å². The molecule has 26 heavy (non-hydrogen) atoms. The molecule has 8 nitrogen and oxygen atoms in total. The summed E-state index contributed by atoms with van der Waals surface area (Å²) in [6.07, 6.45) is 7.78. The zero-order valence-electron chi connectivity index (χ0n) is 15.0. The summed E-state index contributed by atoms with van der Waals surface area (Å²) in [6, 6.07) is 2.92. The highest BCUT2D eigenvalue weighted by Gasteiger charge is 2.31. The number of nitrogens with zero attached hydrogens (tertiary/aromatic N) is 2. The van der Waals surface area contributed by atoms with Gasteiger partial charge in [0, 0.05) is 31.4 Å². The number of hydrogen-bond acceptors (Lipinski definition) is 5. The molecule has 0 spiro atoms. The van der Waals surface area contributed by atoms with Crippen LogP contribution in [0.4, 0.5) is 10.6 Å². The zero-order valence-corrected chi connectivity index (χ0v) is 15.0. The van der Waals surface area contributed by atoms with E-state index in [-0.39, 0.29) is 12.3 Å². The molecular weight excluding hydrogens is 334 g/mol. The molecular formula is C18H25N5O3. The van der Waals surface area contributed by atoms with Crippen LogP contribution in [0.25, 0.3) is 0 Å². The number of pyridine rings is 1. The SMILES string of the molecule is CN(c1ncccc1CNC(=O)CC1NC(=O)NC1=O)C1CCCCC1. The quantitative estimate of drug-likeness (QED) is 0.659. The van der Waals surface area contributed by atoms with Gasteiger partial charge < -0.3 is 15.5 Å². The van der Waals surface area contributed by atoms with Crippen molar-refractivity contribution in [3.8, 4) is 0 Å². The van der Waals surface area contributed by atoms with Gasteiger partial charge in [0.05, 0.1) is 6.42 Å². The summed E-state index contributed by atoms with van der Waals surface area (Å²) in [6.45, 7) is 0.335. The summed E-state index contributed by atoms with van der Waals surface area (Å²) in [4.78, 5) is 41.5. The molecule has 0 bridgehead atoms. The van der Waals surface area contributed by atoms with Crippen LogP contribution in [0.2, 0.25) is 0 Å². The van der Waals surface area contributed by atoms with E-state index in [4.69, 9.17) is 0 Å². The molecule has 8 heteroatoms. The van der Waals surface area contributed by atoms with Crippen LogP contribution in [0.15, 0.2) is 18.3 Å². The first-order valence-corrected chi connectivity index (χ1v) is 9.09. The van der Waals surface area contributed by atoms with E-state index in [0.717, 1.165) is 24.2 Å². The maximum atomic E-state index is 12.1. The van der Waals surface area contributed by atoms with Crippen LogP contribution in [0.1, 0.15) is 44.1 Å². The van der Waals surface area contributed by atoms with Crippen LogP contribution >= 0.6 is 0 Å². The van der Waals surface area contributed by atoms with Crippen LogP contribution in [0, 0.1) is 0 Å². The number of carbonyl (C=O) groups is 3. The Morgan fingerprint density at radius 2 is 2.08 bits per heavy atom. The fraction of sp³-hybridized carbons (Fsp3) is 0.556. The van der Waals surface area contributed by atoms with Crippen LogP contribution in [-0.4, -0.2) is 42.0 Å². The highest BCUT2D eigenvalue weighted by Crippen LogP contribution is 2.26. The molecule has 3 rings (SSSR count). The van der Waals surface area contributed by atoms with Crippen LogP contribution in [0.5, 0.6) is 0 Å². The molecule has 1 aliphatic heterocycles. The maximum absolute atomic E-state index is 12.1. The van der Waals surface area contributed by atoms with Crippen molar-refractivity contribution in [2.24, 2.45) is 0 Å². The Labute approximate surface area is 152 Å². The number of nitrogens with one attached hydrogen (secondary N) is 3. The van der Waals surface area contributed by atoms with E-state index >= 15 is 0 Å². The molecule has 1 aromatic rings. The molecule has 0 aromatic carbocycles. The third kappa shape index (κ3) is 4.30. The lowest BCUT2D eigenvalue weighted by Crippen LogP contribution is -2.37. The molecule has 1 saturated carbocycles. The summed E-state index contributed by atoms with van der Waals surface area (Å²) in [5.74, 6) is 0.123. The second-order valence-corrected chi connectivity index (χ2v) is 6.89. The molecule has 2 heterocycles. The number of carbonyl (C=O) groups excluding carboxylic acids is 3. The molecule has 2 aliphatic rings. The minimum absolute atomic E-state index is 0.0777. The van der Waals surface area contributed by atoms with Crippen molar-refractivity contribution >= 4 is 23.7 Å². The first-order valence-electron chi connectivity index (χ1n) is 9.09. The average molecular weight is 359 g/mol. The monoisotopic (exact) mass is 359 g/mol. The molecule has 0 radical (unpaired) electrons. The minimum Gasteiger partial charge on any atom is -0.356 e. The Hall–Kier alpha value is -2.64. The lowest BCUT2D eigenvalue weighted by molar-refractivity contribution is -0.126. The predicted octanol–water partition coefficient (Wildman–Crippen LogP) is 1.06. The van der Waals surface area contributed by atoms with Crippen LogP contribution in [0.3, 0.4) is 0 Å². The van der Waals surface area contributed by atoms with E-state index in [0.29, 0.717) is 12.6 Å². The normalized spacial score (nSPS) is 20.4. The van der Waals surface area contributed by atoms with Crippen molar-refractivity contribution in [1.29, 1.82) is 0 Å². The number of aromatic nitrogens is 1. The number of amides is 4. The van der Waals surface area contributed by atoms with Crippen molar-refractivity contribution in [1.82, 2.24) is 20.9 Å². The number of imide groups is 1. The van der Waals surface area contributed by atoms with Crippen molar-refractivity contribution in [2.45, 2.75) is 57.2 Å². The van der Waals surface area contributed by atoms with Gasteiger partial charge in [-0.2, -0.15) is 0 Å². The van der Waals surface area contributed by atoms with Gasteiger partial charge >= 0.3 is 6.03 Å². The first-order chi connectivity index (χ1) is 12.5. The second kappa shape index (κ2) is 8.16. The standard InChI is InChI=1S/C18H25N5O3/c1-23(13-7-3-2-4-8-13)16-12(6-5-9-19-16)11-20-15(24)10-14-17(25)22-18(26)21-14/h5-6,9,13-14H,2-4,7-8,10-11H2,1H3,(H,20,24)(H2,21,22,25,26). The van der Waals surface area contributed by atoms with Crippen molar-refractivity contribution in [3.63, 3.8) is 0 Å². The molecule has 2 fully saturated rings. The summed E-state index contributed by atoms with van der Waals surface area (Å²) in [5.41, 5.74) is 0.939. The number of rotatable bonds is 6. The topological polar surface area (TPSA) is 103 Å². The molecule has 3 N–H and O–H groups in total. The van der Waals surface area contributed by atoms with E-state index in [1.54, 1.807) is 6.20 Å². The smallest absolute Gasteiger partial charge is 0.322 e. The predicted molar refractivity (Wildman–Crippen MR) is 96.4 cm³/mol. The van der Waals surface area contributed by atoms with Gasteiger partial charge in [-0.3, -0.25) is 14.9 Å². The van der Waals surface area contributed by atoms with E-state index < -0.39 is 18.0 Å². The van der Waals surface area contributed by atoms with Gasteiger partial charge in [-0.15, -0.1) is 0 Å². The van der Waals surface area contributed by atoms with E-state index in [1.807, 2.05) is 12.1 Å². The van der Waals surface area contributed by atoms with Crippen LogP contribution < -0.4 is 20.9 Å². The van der Waals surface area contributed by atoms with Gasteiger partial charge in [0.25, 0.3) is 5.91 Å². The third-order valence-corrected chi connectivity index (χ3v) is 5.05. The fourth-order valence-electron chi connectivity index (χ4n) is 3.58. The fourth-order valence-corrected chi connectivity index (χ4v) is 3.58. The van der Waals surface area contributed by atoms with E-state index in [9.17, 15) is 14.4 Å². The largest absolute Gasteiger partial charge is 0.356 e. The van der Waals surface area contributed by atoms with Crippen molar-refractivity contribution < 1.29 is 14.4 Å². The number of hydrogen-bond donors (Lipinski definition) is 3. The van der Waals surface area contributed by atoms with Gasteiger partial charge in [-0.05, 0) is 18.9 Å². The average Bonchev–Trinajstić information content (AvgIpc) is 2.97. The summed E-state index contributed by atoms with van der Waals surface area (Å²) in [5, 5.41) is 7.37. The molecule has 1 aliphatic carbocycles. The molecule has 1 unspecified atom stereocenters. The molecule has 1 atom stereocenters. The summed E-state index contributed by atoms with van der Waals surface area (Å²) >= 11 is 0. The lowest BCUT2D eigenvalue weighted by Gasteiger charge is -2.33. The van der Waals surface area contributed by atoms with E-state index in [1.165, 1.54) is 19.3 Å². The molecule has 140 valence electrons. The highest BCUT2D eigenvalue weighted by atomic mass is 16.2. The number of urea groups is 1. The Balaban J connectivity index is 1.58. The van der Waals surface area contributed by atoms with Gasteiger partial charge in [-0.25, -0.2) is 9.78 Å².